The Hall–Kier alpha value is -2.78. The molecule has 1 atom stereocenters. The maximum absolute atomic E-state index is 13.3. The third-order valence-electron chi connectivity index (χ3n) is 5.58. The molecule has 0 aliphatic carbocycles. The number of amides is 2. The highest BCUT2D eigenvalue weighted by molar-refractivity contribution is 7.89. The van der Waals surface area contributed by atoms with Gasteiger partial charge < -0.3 is 10.2 Å². The van der Waals surface area contributed by atoms with Crippen molar-refractivity contribution in [1.82, 2.24) is 14.5 Å². The lowest BCUT2D eigenvalue weighted by Crippen LogP contribution is -2.47. The summed E-state index contributed by atoms with van der Waals surface area (Å²) in [4.78, 5) is 27.4. The van der Waals surface area contributed by atoms with Crippen molar-refractivity contribution in [1.29, 1.82) is 0 Å². The van der Waals surface area contributed by atoms with Crippen LogP contribution in [0, 0.1) is 5.82 Å². The number of benzene rings is 2. The van der Waals surface area contributed by atoms with Crippen molar-refractivity contribution in [3.8, 4) is 0 Å². The van der Waals surface area contributed by atoms with E-state index in [-0.39, 0.29) is 42.0 Å². The number of hydrogen-bond acceptors (Lipinski definition) is 4. The van der Waals surface area contributed by atoms with Gasteiger partial charge in [-0.05, 0) is 49.6 Å². The van der Waals surface area contributed by atoms with Crippen molar-refractivity contribution < 1.29 is 22.4 Å². The van der Waals surface area contributed by atoms with Gasteiger partial charge in [-0.2, -0.15) is 0 Å². The van der Waals surface area contributed by atoms with Gasteiger partial charge in [0, 0.05) is 33.1 Å². The van der Waals surface area contributed by atoms with E-state index < -0.39 is 16.1 Å². The average Bonchev–Trinajstić information content (AvgIpc) is 2.83. The van der Waals surface area contributed by atoms with Crippen molar-refractivity contribution in [2.75, 3.05) is 20.1 Å². The van der Waals surface area contributed by atoms with Crippen molar-refractivity contribution in [3.63, 3.8) is 0 Å². The molecule has 0 aromatic heterocycles. The molecule has 0 bridgehead atoms. The summed E-state index contributed by atoms with van der Waals surface area (Å²) < 4.78 is 39.9. The summed E-state index contributed by atoms with van der Waals surface area (Å²) in [5.74, 6) is -0.907. The predicted octanol–water partition coefficient (Wildman–Crippen LogP) is 3.56. The minimum Gasteiger partial charge on any atom is -0.354 e. The van der Waals surface area contributed by atoms with Gasteiger partial charge in [0.15, 0.2) is 0 Å². The third-order valence-corrected chi connectivity index (χ3v) is 7.45. The van der Waals surface area contributed by atoms with E-state index in [1.54, 1.807) is 37.3 Å². The highest BCUT2D eigenvalue weighted by atomic mass is 32.2. The number of hydrogen-bond donors (Lipinski definition) is 1. The lowest BCUT2D eigenvalue weighted by Gasteiger charge is -2.29. The Morgan fingerprint density at radius 2 is 1.68 bits per heavy atom. The molecule has 186 valence electrons. The van der Waals surface area contributed by atoms with E-state index in [1.807, 2.05) is 6.92 Å². The predicted molar refractivity (Wildman–Crippen MR) is 130 cm³/mol. The van der Waals surface area contributed by atoms with E-state index in [0.717, 1.165) is 12.8 Å². The van der Waals surface area contributed by atoms with Crippen molar-refractivity contribution in [2.45, 2.75) is 57.0 Å². The van der Waals surface area contributed by atoms with Crippen LogP contribution in [0.1, 0.15) is 45.1 Å². The minimum atomic E-state index is -3.64. The Labute approximate surface area is 202 Å². The average molecular weight is 492 g/mol. The van der Waals surface area contributed by atoms with Crippen LogP contribution in [0.5, 0.6) is 0 Å². The fourth-order valence-corrected chi connectivity index (χ4v) is 4.62. The van der Waals surface area contributed by atoms with Crippen LogP contribution in [-0.2, 0) is 26.2 Å². The molecule has 7 nitrogen and oxygen atoms in total. The van der Waals surface area contributed by atoms with Gasteiger partial charge in [-0.3, -0.25) is 9.59 Å². The van der Waals surface area contributed by atoms with Crippen LogP contribution >= 0.6 is 0 Å². The van der Waals surface area contributed by atoms with E-state index in [9.17, 15) is 22.4 Å². The van der Waals surface area contributed by atoms with Gasteiger partial charge in [0.25, 0.3) is 0 Å². The smallest absolute Gasteiger partial charge is 0.242 e. The summed E-state index contributed by atoms with van der Waals surface area (Å²) >= 11 is 0. The largest absolute Gasteiger partial charge is 0.354 e. The summed E-state index contributed by atoms with van der Waals surface area (Å²) in [7, 11) is -2.16. The SMILES string of the molecule is CCCCNC(=O)[C@@H](C)N(Cc1ccc(F)cc1)C(=O)CCCN(C)S(=O)(=O)c1ccccc1. The Morgan fingerprint density at radius 1 is 1.03 bits per heavy atom. The highest BCUT2D eigenvalue weighted by Gasteiger charge is 2.26. The Kier molecular flexibility index (Phi) is 10.7. The molecule has 0 spiro atoms. The zero-order valence-corrected chi connectivity index (χ0v) is 20.9. The first kappa shape index (κ1) is 27.5. The first-order chi connectivity index (χ1) is 16.2. The second-order valence-corrected chi connectivity index (χ2v) is 10.3. The molecule has 1 N–H and O–H groups in total. The molecule has 0 fully saturated rings. The van der Waals surface area contributed by atoms with Crippen LogP contribution in [0.25, 0.3) is 0 Å². The van der Waals surface area contributed by atoms with Gasteiger partial charge in [-0.1, -0.05) is 43.7 Å². The fraction of sp³-hybridized carbons (Fsp3) is 0.440. The zero-order chi connectivity index (χ0) is 25.1. The molecule has 0 aliphatic heterocycles. The zero-order valence-electron chi connectivity index (χ0n) is 20.0. The summed E-state index contributed by atoms with van der Waals surface area (Å²) in [6, 6.07) is 13.2. The number of carbonyl (C=O) groups excluding carboxylic acids is 2. The molecule has 9 heteroatoms. The van der Waals surface area contributed by atoms with Gasteiger partial charge >= 0.3 is 0 Å². The van der Waals surface area contributed by atoms with E-state index in [0.29, 0.717) is 18.5 Å². The Morgan fingerprint density at radius 3 is 2.29 bits per heavy atom. The first-order valence-corrected chi connectivity index (χ1v) is 12.9. The summed E-state index contributed by atoms with van der Waals surface area (Å²) in [6.45, 7) is 4.52. The van der Waals surface area contributed by atoms with Crippen LogP contribution in [0.15, 0.2) is 59.5 Å². The molecule has 0 radical (unpaired) electrons. The van der Waals surface area contributed by atoms with Crippen molar-refractivity contribution in [2.24, 2.45) is 0 Å². The quantitative estimate of drug-likeness (QED) is 0.434. The molecular weight excluding hydrogens is 457 g/mol. The maximum Gasteiger partial charge on any atom is 0.242 e. The lowest BCUT2D eigenvalue weighted by molar-refractivity contribution is -0.140. The number of nitrogens with one attached hydrogen (secondary N) is 1. The van der Waals surface area contributed by atoms with Crippen LogP contribution in [0.3, 0.4) is 0 Å². The molecule has 0 saturated heterocycles. The maximum atomic E-state index is 13.3. The molecule has 0 heterocycles. The molecule has 2 aromatic rings. The molecule has 0 aliphatic rings. The Bertz CT molecular complexity index is 1030. The van der Waals surface area contributed by atoms with E-state index in [2.05, 4.69) is 5.32 Å². The molecule has 2 rings (SSSR count). The first-order valence-electron chi connectivity index (χ1n) is 11.5. The van der Waals surface area contributed by atoms with Gasteiger partial charge in [0.05, 0.1) is 4.90 Å². The van der Waals surface area contributed by atoms with Crippen LogP contribution in [0.4, 0.5) is 4.39 Å². The summed E-state index contributed by atoms with van der Waals surface area (Å²) in [5.41, 5.74) is 0.701. The number of halogens is 1. The number of sulfonamides is 1. The number of carbonyl (C=O) groups is 2. The monoisotopic (exact) mass is 491 g/mol. The molecule has 2 amide bonds. The van der Waals surface area contributed by atoms with Crippen LogP contribution in [0.2, 0.25) is 0 Å². The minimum absolute atomic E-state index is 0.0718. The second kappa shape index (κ2) is 13.2. The molecule has 0 unspecified atom stereocenters. The topological polar surface area (TPSA) is 86.8 Å². The van der Waals surface area contributed by atoms with Gasteiger partial charge in [0.2, 0.25) is 21.8 Å². The summed E-state index contributed by atoms with van der Waals surface area (Å²) in [5, 5.41) is 2.85. The molecule has 0 saturated carbocycles. The van der Waals surface area contributed by atoms with Gasteiger partial charge in [-0.25, -0.2) is 17.1 Å². The van der Waals surface area contributed by atoms with Crippen LogP contribution in [-0.4, -0.2) is 55.6 Å². The van der Waals surface area contributed by atoms with Gasteiger partial charge in [0.1, 0.15) is 11.9 Å². The number of nitrogens with zero attached hydrogens (tertiary/aromatic N) is 2. The van der Waals surface area contributed by atoms with Crippen molar-refractivity contribution in [3.05, 3.63) is 66.0 Å². The highest BCUT2D eigenvalue weighted by Crippen LogP contribution is 2.16. The third kappa shape index (κ3) is 7.92. The Balaban J connectivity index is 2.05. The second-order valence-electron chi connectivity index (χ2n) is 8.21. The normalized spacial score (nSPS) is 12.4. The van der Waals surface area contributed by atoms with E-state index >= 15 is 0 Å². The molecular formula is C25H34FN3O4S. The summed E-state index contributed by atoms with van der Waals surface area (Å²) in [6.07, 6.45) is 2.15. The molecule has 34 heavy (non-hydrogen) atoms. The molecule has 2 aromatic carbocycles. The van der Waals surface area contributed by atoms with Crippen molar-refractivity contribution >= 4 is 21.8 Å². The number of rotatable bonds is 13. The number of unbranched alkanes of at least 4 members (excludes halogenated alkanes) is 1. The van der Waals surface area contributed by atoms with Gasteiger partial charge in [-0.15, -0.1) is 0 Å². The standard InChI is InChI=1S/C25H34FN3O4S/c1-4-5-17-27-25(31)20(2)29(19-21-13-15-22(26)16-14-21)24(30)12-9-18-28(3)34(32,33)23-10-7-6-8-11-23/h6-8,10-11,13-16,20H,4-5,9,12,17-19H2,1-3H3,(H,27,31)/t20-/m1/s1. The van der Waals surface area contributed by atoms with E-state index in [4.69, 9.17) is 0 Å². The fourth-order valence-electron chi connectivity index (χ4n) is 3.39. The van der Waals surface area contributed by atoms with Crippen LogP contribution < -0.4 is 5.32 Å². The van der Waals surface area contributed by atoms with E-state index in [1.165, 1.54) is 40.5 Å². The lowest BCUT2D eigenvalue weighted by atomic mass is 10.1.